The van der Waals surface area contributed by atoms with Crippen molar-refractivity contribution in [3.05, 3.63) is 0 Å². The number of Topliss-reactive ketones (excluding diaryl/α,β-unsaturated/α-hetero) is 1. The first-order valence-corrected chi connectivity index (χ1v) is 2.67. The summed E-state index contributed by atoms with van der Waals surface area (Å²) in [4.78, 5) is 10.4. The van der Waals surface area contributed by atoms with Crippen LogP contribution in [0.4, 0.5) is 0 Å². The minimum absolute atomic E-state index is 0.0312. The molecule has 50 valence electrons. The first-order chi connectivity index (χ1) is 3.98. The lowest BCUT2D eigenvalue weighted by molar-refractivity contribution is -0.119. The van der Waals surface area contributed by atoms with Crippen LogP contribution in [0.1, 0.15) is 20.3 Å². The lowest BCUT2D eigenvalue weighted by atomic mass is 10.0. The molecule has 9 heavy (non-hydrogen) atoms. The zero-order valence-electron chi connectivity index (χ0n) is 5.64. The summed E-state index contributed by atoms with van der Waals surface area (Å²) in [5.41, 5.74) is -1.26. The Bertz CT molecular complexity index is 151. The van der Waals surface area contributed by atoms with E-state index in [0.717, 1.165) is 0 Å². The zero-order chi connectivity index (χ0) is 7.49. The summed E-state index contributed by atoms with van der Waals surface area (Å²) in [7, 11) is 0. The van der Waals surface area contributed by atoms with Gasteiger partial charge < -0.3 is 5.11 Å². The standard InChI is InChI=1S/C7H10O2/c1-4-7(3,9)5-6(2)8/h1,9H,5H2,2-3H3. The van der Waals surface area contributed by atoms with Gasteiger partial charge in [0.2, 0.25) is 0 Å². The van der Waals surface area contributed by atoms with Crippen molar-refractivity contribution >= 4 is 5.78 Å². The highest BCUT2D eigenvalue weighted by Gasteiger charge is 2.17. The fourth-order valence-electron chi connectivity index (χ4n) is 0.536. The summed E-state index contributed by atoms with van der Waals surface area (Å²) in [6.45, 7) is 2.83. The normalized spacial score (nSPS) is 15.8. The van der Waals surface area contributed by atoms with Gasteiger partial charge in [-0.1, -0.05) is 5.92 Å². The monoisotopic (exact) mass is 126 g/mol. The van der Waals surface area contributed by atoms with E-state index < -0.39 is 5.60 Å². The number of aliphatic hydroxyl groups is 1. The molecule has 0 radical (unpaired) electrons. The average molecular weight is 126 g/mol. The molecule has 0 saturated carbocycles. The molecule has 1 N–H and O–H groups in total. The highest BCUT2D eigenvalue weighted by Crippen LogP contribution is 2.06. The van der Waals surface area contributed by atoms with E-state index in [1.54, 1.807) is 0 Å². The van der Waals surface area contributed by atoms with Gasteiger partial charge in [0.25, 0.3) is 0 Å². The fourth-order valence-corrected chi connectivity index (χ4v) is 0.536. The van der Waals surface area contributed by atoms with Crippen LogP contribution in [0, 0.1) is 12.3 Å². The highest BCUT2D eigenvalue weighted by molar-refractivity contribution is 5.77. The molecule has 0 spiro atoms. The van der Waals surface area contributed by atoms with Gasteiger partial charge in [0.1, 0.15) is 11.4 Å². The average Bonchev–Trinajstić information content (AvgIpc) is 1.63. The van der Waals surface area contributed by atoms with E-state index in [2.05, 4.69) is 5.92 Å². The van der Waals surface area contributed by atoms with E-state index in [9.17, 15) is 4.79 Å². The zero-order valence-corrected chi connectivity index (χ0v) is 5.64. The minimum Gasteiger partial charge on any atom is -0.377 e. The van der Waals surface area contributed by atoms with Crippen LogP contribution in [-0.4, -0.2) is 16.5 Å². The van der Waals surface area contributed by atoms with Gasteiger partial charge in [0.05, 0.1) is 0 Å². The Morgan fingerprint density at radius 1 is 1.89 bits per heavy atom. The van der Waals surface area contributed by atoms with E-state index in [1.165, 1.54) is 13.8 Å². The Morgan fingerprint density at radius 3 is 2.44 bits per heavy atom. The van der Waals surface area contributed by atoms with Crippen LogP contribution in [0.2, 0.25) is 0 Å². The number of hydrogen-bond donors (Lipinski definition) is 1. The van der Waals surface area contributed by atoms with Crippen LogP contribution >= 0.6 is 0 Å². The van der Waals surface area contributed by atoms with Crippen LogP contribution in [0.25, 0.3) is 0 Å². The van der Waals surface area contributed by atoms with E-state index >= 15 is 0 Å². The van der Waals surface area contributed by atoms with E-state index in [1.807, 2.05) is 0 Å². The summed E-state index contributed by atoms with van der Waals surface area (Å²) in [6, 6.07) is 0. The third-order valence-electron chi connectivity index (χ3n) is 0.904. The molecule has 0 aromatic heterocycles. The second kappa shape index (κ2) is 2.65. The molecule has 0 heterocycles. The summed E-state index contributed by atoms with van der Waals surface area (Å²) in [6.07, 6.45) is 4.93. The SMILES string of the molecule is C#CC(C)(O)CC(C)=O. The molecule has 1 unspecified atom stereocenters. The number of carbonyl (C=O) groups excluding carboxylic acids is 1. The van der Waals surface area contributed by atoms with Crippen molar-refractivity contribution in [3.8, 4) is 12.3 Å². The number of hydrogen-bond acceptors (Lipinski definition) is 2. The number of rotatable bonds is 2. The minimum atomic E-state index is -1.26. The Labute approximate surface area is 54.9 Å². The van der Waals surface area contributed by atoms with Crippen molar-refractivity contribution in [2.45, 2.75) is 25.9 Å². The maximum atomic E-state index is 10.4. The topological polar surface area (TPSA) is 37.3 Å². The maximum absolute atomic E-state index is 10.4. The predicted octanol–water partition coefficient (Wildman–Crippen LogP) is 0.350. The van der Waals surface area contributed by atoms with Crippen molar-refractivity contribution in [1.82, 2.24) is 0 Å². The molecule has 0 fully saturated rings. The first-order valence-electron chi connectivity index (χ1n) is 2.67. The lowest BCUT2D eigenvalue weighted by Crippen LogP contribution is -2.24. The molecule has 2 nitrogen and oxygen atoms in total. The van der Waals surface area contributed by atoms with Crippen LogP contribution in [0.3, 0.4) is 0 Å². The molecule has 0 bridgehead atoms. The Kier molecular flexibility index (Phi) is 2.41. The van der Waals surface area contributed by atoms with Crippen molar-refractivity contribution in [2.75, 3.05) is 0 Å². The lowest BCUT2D eigenvalue weighted by Gasteiger charge is -2.12. The first kappa shape index (κ1) is 8.19. The number of carbonyl (C=O) groups is 1. The Balaban J connectivity index is 3.91. The van der Waals surface area contributed by atoms with Gasteiger partial charge in [0, 0.05) is 6.42 Å². The largest absolute Gasteiger partial charge is 0.377 e. The van der Waals surface area contributed by atoms with E-state index in [-0.39, 0.29) is 12.2 Å². The third-order valence-corrected chi connectivity index (χ3v) is 0.904. The molecule has 0 aliphatic carbocycles. The molecule has 0 aromatic carbocycles. The number of terminal acetylenes is 1. The van der Waals surface area contributed by atoms with Gasteiger partial charge >= 0.3 is 0 Å². The Morgan fingerprint density at radius 2 is 2.33 bits per heavy atom. The molecule has 2 heteroatoms. The fraction of sp³-hybridized carbons (Fsp3) is 0.571. The number of ketones is 1. The van der Waals surface area contributed by atoms with Crippen LogP contribution in [0.5, 0.6) is 0 Å². The van der Waals surface area contributed by atoms with Gasteiger partial charge in [-0.25, -0.2) is 0 Å². The van der Waals surface area contributed by atoms with Gasteiger partial charge in [-0.15, -0.1) is 6.42 Å². The molecular weight excluding hydrogens is 116 g/mol. The molecule has 0 saturated heterocycles. The molecule has 0 rings (SSSR count). The highest BCUT2D eigenvalue weighted by atomic mass is 16.3. The molecule has 0 aliphatic rings. The molecule has 0 aromatic rings. The summed E-state index contributed by atoms with van der Waals surface area (Å²) >= 11 is 0. The molecule has 0 amide bonds. The summed E-state index contributed by atoms with van der Waals surface area (Å²) < 4.78 is 0. The van der Waals surface area contributed by atoms with Crippen molar-refractivity contribution < 1.29 is 9.90 Å². The van der Waals surface area contributed by atoms with Crippen molar-refractivity contribution in [1.29, 1.82) is 0 Å². The van der Waals surface area contributed by atoms with Crippen LogP contribution < -0.4 is 0 Å². The van der Waals surface area contributed by atoms with E-state index in [0.29, 0.717) is 0 Å². The summed E-state index contributed by atoms with van der Waals surface area (Å²) in [5, 5.41) is 9.04. The maximum Gasteiger partial charge on any atom is 0.133 e. The second-order valence-corrected chi connectivity index (χ2v) is 2.30. The van der Waals surface area contributed by atoms with Gasteiger partial charge in [0.15, 0.2) is 0 Å². The smallest absolute Gasteiger partial charge is 0.133 e. The Hall–Kier alpha value is -0.810. The predicted molar refractivity (Wildman–Crippen MR) is 34.8 cm³/mol. The van der Waals surface area contributed by atoms with Crippen LogP contribution in [0.15, 0.2) is 0 Å². The van der Waals surface area contributed by atoms with Crippen LogP contribution in [-0.2, 0) is 4.79 Å². The van der Waals surface area contributed by atoms with Gasteiger partial charge in [-0.3, -0.25) is 4.79 Å². The second-order valence-electron chi connectivity index (χ2n) is 2.30. The third kappa shape index (κ3) is 3.75. The van der Waals surface area contributed by atoms with Crippen molar-refractivity contribution in [2.24, 2.45) is 0 Å². The summed E-state index contributed by atoms with van der Waals surface area (Å²) in [5.74, 6) is 2.01. The van der Waals surface area contributed by atoms with Gasteiger partial charge in [-0.05, 0) is 13.8 Å². The van der Waals surface area contributed by atoms with Crippen molar-refractivity contribution in [3.63, 3.8) is 0 Å². The molecular formula is C7H10O2. The van der Waals surface area contributed by atoms with Gasteiger partial charge in [-0.2, -0.15) is 0 Å². The van der Waals surface area contributed by atoms with E-state index in [4.69, 9.17) is 11.5 Å². The quantitative estimate of drug-likeness (QED) is 0.542. The molecule has 1 atom stereocenters. The molecule has 0 aliphatic heterocycles.